The highest BCUT2D eigenvalue weighted by atomic mass is 16.2. The van der Waals surface area contributed by atoms with E-state index in [1.807, 2.05) is 0 Å². The quantitative estimate of drug-likeness (QED) is 0.777. The number of likely N-dealkylation sites (tertiary alicyclic amines) is 1. The van der Waals surface area contributed by atoms with Gasteiger partial charge in [-0.3, -0.25) is 9.59 Å². The molecule has 2 heterocycles. The molecule has 1 aromatic rings. The molecule has 0 aliphatic carbocycles. The van der Waals surface area contributed by atoms with E-state index in [0.29, 0.717) is 24.3 Å². The molecule has 1 saturated heterocycles. The molecule has 0 unspecified atom stereocenters. The molecule has 2 rings (SSSR count). The molecule has 0 radical (unpaired) electrons. The number of aromatic nitrogens is 2. The first-order valence-electron chi connectivity index (χ1n) is 6.30. The van der Waals surface area contributed by atoms with Gasteiger partial charge in [0.1, 0.15) is 6.33 Å². The summed E-state index contributed by atoms with van der Waals surface area (Å²) in [5, 5.41) is 0. The lowest BCUT2D eigenvalue weighted by Crippen LogP contribution is -2.39. The van der Waals surface area contributed by atoms with Crippen molar-refractivity contribution in [2.45, 2.75) is 26.3 Å². The van der Waals surface area contributed by atoms with Crippen LogP contribution in [0.2, 0.25) is 0 Å². The Labute approximate surface area is 112 Å². The van der Waals surface area contributed by atoms with E-state index < -0.39 is 0 Å². The topological polar surface area (TPSA) is 66.4 Å². The number of amides is 2. The van der Waals surface area contributed by atoms with E-state index in [-0.39, 0.29) is 17.9 Å². The molecule has 19 heavy (non-hydrogen) atoms. The van der Waals surface area contributed by atoms with Gasteiger partial charge >= 0.3 is 0 Å². The zero-order valence-electron chi connectivity index (χ0n) is 11.5. The monoisotopic (exact) mass is 262 g/mol. The van der Waals surface area contributed by atoms with E-state index >= 15 is 0 Å². The molecule has 1 aliphatic heterocycles. The van der Waals surface area contributed by atoms with Gasteiger partial charge in [0.15, 0.2) is 0 Å². The minimum Gasteiger partial charge on any atom is -0.341 e. The van der Waals surface area contributed by atoms with Gasteiger partial charge in [0.05, 0.1) is 17.3 Å². The van der Waals surface area contributed by atoms with Crippen LogP contribution in [0, 0.1) is 6.92 Å². The number of hydrogen-bond donors (Lipinski definition) is 0. The second-order valence-corrected chi connectivity index (χ2v) is 4.85. The van der Waals surface area contributed by atoms with Gasteiger partial charge in [0.2, 0.25) is 5.91 Å². The lowest BCUT2D eigenvalue weighted by molar-refractivity contribution is -0.129. The molecular weight excluding hydrogens is 244 g/mol. The Morgan fingerprint density at radius 2 is 2.21 bits per heavy atom. The van der Waals surface area contributed by atoms with Gasteiger partial charge in [0.25, 0.3) is 5.91 Å². The average Bonchev–Trinajstić information content (AvgIpc) is 2.87. The fraction of sp³-hybridized carbons (Fsp3) is 0.538. The lowest BCUT2D eigenvalue weighted by Gasteiger charge is -2.23. The molecule has 6 heteroatoms. The van der Waals surface area contributed by atoms with Crippen molar-refractivity contribution in [3.05, 3.63) is 23.8 Å². The highest BCUT2D eigenvalue weighted by Crippen LogP contribution is 2.17. The zero-order chi connectivity index (χ0) is 14.0. The molecule has 102 valence electrons. The Morgan fingerprint density at radius 3 is 2.84 bits per heavy atom. The Kier molecular flexibility index (Phi) is 3.78. The Hall–Kier alpha value is -1.98. The van der Waals surface area contributed by atoms with Crippen LogP contribution in [-0.4, -0.2) is 57.8 Å². The minimum absolute atomic E-state index is 0.0264. The molecule has 0 saturated carbocycles. The number of nitrogens with zero attached hydrogens (tertiary/aromatic N) is 4. The molecule has 1 fully saturated rings. The maximum Gasteiger partial charge on any atom is 0.257 e. The van der Waals surface area contributed by atoms with Crippen molar-refractivity contribution in [2.75, 3.05) is 20.1 Å². The fourth-order valence-electron chi connectivity index (χ4n) is 2.27. The molecule has 0 N–H and O–H groups in total. The van der Waals surface area contributed by atoms with Gasteiger partial charge in [-0.2, -0.15) is 0 Å². The second-order valence-electron chi connectivity index (χ2n) is 4.85. The van der Waals surface area contributed by atoms with Crippen LogP contribution in [0.4, 0.5) is 0 Å². The van der Waals surface area contributed by atoms with Crippen LogP contribution in [0.5, 0.6) is 0 Å². The first-order chi connectivity index (χ1) is 9.00. The van der Waals surface area contributed by atoms with E-state index in [0.717, 1.165) is 6.42 Å². The maximum absolute atomic E-state index is 12.3. The van der Waals surface area contributed by atoms with Crippen molar-refractivity contribution >= 4 is 11.8 Å². The number of aryl methyl sites for hydroxylation is 1. The van der Waals surface area contributed by atoms with Gasteiger partial charge in [-0.25, -0.2) is 9.97 Å². The van der Waals surface area contributed by atoms with Crippen molar-refractivity contribution in [2.24, 2.45) is 0 Å². The maximum atomic E-state index is 12.3. The third-order valence-electron chi connectivity index (χ3n) is 3.64. The smallest absolute Gasteiger partial charge is 0.257 e. The number of rotatable bonds is 2. The standard InChI is InChI=1S/C13H18N4O2/c1-9-12(6-14-8-15-9)13(19)17-5-4-11(7-17)16(3)10(2)18/h6,8,11H,4-5,7H2,1-3H3/t11-/m1/s1. The summed E-state index contributed by atoms with van der Waals surface area (Å²) in [6.45, 7) is 4.57. The normalized spacial score (nSPS) is 18.5. The molecule has 2 amide bonds. The molecule has 0 bridgehead atoms. The van der Waals surface area contributed by atoms with Crippen molar-refractivity contribution in [3.63, 3.8) is 0 Å². The lowest BCUT2D eigenvalue weighted by atomic mass is 10.2. The summed E-state index contributed by atoms with van der Waals surface area (Å²) in [4.78, 5) is 35.1. The Morgan fingerprint density at radius 1 is 1.47 bits per heavy atom. The van der Waals surface area contributed by atoms with E-state index in [1.165, 1.54) is 6.33 Å². The first-order valence-corrected chi connectivity index (χ1v) is 6.30. The molecular formula is C13H18N4O2. The molecule has 1 aromatic heterocycles. The number of carbonyl (C=O) groups is 2. The largest absolute Gasteiger partial charge is 0.341 e. The summed E-state index contributed by atoms with van der Waals surface area (Å²) >= 11 is 0. The number of hydrogen-bond acceptors (Lipinski definition) is 4. The second kappa shape index (κ2) is 5.34. The summed E-state index contributed by atoms with van der Waals surface area (Å²) in [6, 6.07) is 0.103. The number of carbonyl (C=O) groups excluding carboxylic acids is 2. The van der Waals surface area contributed by atoms with Crippen LogP contribution < -0.4 is 0 Å². The average molecular weight is 262 g/mol. The fourth-order valence-corrected chi connectivity index (χ4v) is 2.27. The van der Waals surface area contributed by atoms with Crippen molar-refractivity contribution < 1.29 is 9.59 Å². The molecule has 6 nitrogen and oxygen atoms in total. The minimum atomic E-state index is -0.0578. The van der Waals surface area contributed by atoms with Gasteiger partial charge in [0, 0.05) is 33.3 Å². The Bertz CT molecular complexity index is 503. The molecule has 1 aliphatic rings. The molecule has 1 atom stereocenters. The Balaban J connectivity index is 2.07. The highest BCUT2D eigenvalue weighted by molar-refractivity contribution is 5.95. The third kappa shape index (κ3) is 2.72. The zero-order valence-corrected chi connectivity index (χ0v) is 11.5. The van der Waals surface area contributed by atoms with Crippen LogP contribution in [-0.2, 0) is 4.79 Å². The third-order valence-corrected chi connectivity index (χ3v) is 3.64. The summed E-state index contributed by atoms with van der Waals surface area (Å²) in [7, 11) is 1.78. The van der Waals surface area contributed by atoms with Gasteiger partial charge in [-0.05, 0) is 13.3 Å². The van der Waals surface area contributed by atoms with E-state index in [4.69, 9.17) is 0 Å². The summed E-state index contributed by atoms with van der Waals surface area (Å²) in [5.41, 5.74) is 1.22. The highest BCUT2D eigenvalue weighted by Gasteiger charge is 2.31. The molecule has 0 aromatic carbocycles. The number of likely N-dealkylation sites (N-methyl/N-ethyl adjacent to an activating group) is 1. The predicted molar refractivity (Wildman–Crippen MR) is 69.5 cm³/mol. The van der Waals surface area contributed by atoms with Gasteiger partial charge in [-0.15, -0.1) is 0 Å². The van der Waals surface area contributed by atoms with Crippen molar-refractivity contribution in [3.8, 4) is 0 Å². The van der Waals surface area contributed by atoms with Gasteiger partial charge < -0.3 is 9.80 Å². The van der Waals surface area contributed by atoms with Crippen LogP contribution in [0.3, 0.4) is 0 Å². The van der Waals surface area contributed by atoms with Crippen LogP contribution in [0.15, 0.2) is 12.5 Å². The summed E-state index contributed by atoms with van der Waals surface area (Å²) in [6.07, 6.45) is 3.80. The van der Waals surface area contributed by atoms with Crippen LogP contribution in [0.25, 0.3) is 0 Å². The van der Waals surface area contributed by atoms with Gasteiger partial charge in [-0.1, -0.05) is 0 Å². The molecule has 0 spiro atoms. The predicted octanol–water partition coefficient (Wildman–Crippen LogP) is 0.478. The summed E-state index contributed by atoms with van der Waals surface area (Å²) in [5.74, 6) is -0.0314. The van der Waals surface area contributed by atoms with Crippen molar-refractivity contribution in [1.29, 1.82) is 0 Å². The first kappa shape index (κ1) is 13.5. The van der Waals surface area contributed by atoms with Crippen molar-refractivity contribution in [1.82, 2.24) is 19.8 Å². The van der Waals surface area contributed by atoms with E-state index in [2.05, 4.69) is 9.97 Å². The SMILES string of the molecule is CC(=O)N(C)[C@@H]1CCN(C(=O)c2cncnc2C)C1. The van der Waals surface area contributed by atoms with E-state index in [9.17, 15) is 9.59 Å². The van der Waals surface area contributed by atoms with E-state index in [1.54, 1.807) is 36.9 Å². The van der Waals surface area contributed by atoms with Crippen LogP contribution >= 0.6 is 0 Å². The van der Waals surface area contributed by atoms with Crippen LogP contribution in [0.1, 0.15) is 29.4 Å². The summed E-state index contributed by atoms with van der Waals surface area (Å²) < 4.78 is 0.